The Morgan fingerprint density at radius 1 is 0.413 bits per heavy atom. The molecule has 0 bridgehead atoms. The number of fused-ring (bicyclic) bond motifs is 3. The fraction of sp³-hybridized carbons (Fsp3) is 0.663. The van der Waals surface area contributed by atoms with E-state index >= 15 is 0 Å². The van der Waals surface area contributed by atoms with Crippen molar-refractivity contribution < 1.29 is 109 Å². The van der Waals surface area contributed by atoms with E-state index in [0.717, 1.165) is 196 Å². The summed E-state index contributed by atoms with van der Waals surface area (Å²) >= 11 is 0. The van der Waals surface area contributed by atoms with Crippen molar-refractivity contribution in [2.75, 3.05) is 98.4 Å². The molecule has 6 aliphatic heterocycles. The summed E-state index contributed by atoms with van der Waals surface area (Å²) in [7, 11) is 5.12. The van der Waals surface area contributed by atoms with Gasteiger partial charge in [0.25, 0.3) is 0 Å². The first-order chi connectivity index (χ1) is 56.0. The largest absolute Gasteiger partial charge is 0.444 e. The first kappa shape index (κ1) is 99.5. The molecule has 32 heteroatoms. The molecule has 2 N–H and O–H groups in total. The van der Waals surface area contributed by atoms with Gasteiger partial charge in [0.1, 0.15) is 28.6 Å². The van der Waals surface area contributed by atoms with Crippen molar-refractivity contribution in [1.29, 1.82) is 0 Å². The van der Waals surface area contributed by atoms with Crippen molar-refractivity contribution in [2.45, 2.75) is 245 Å². The van der Waals surface area contributed by atoms with Crippen molar-refractivity contribution in [3.05, 3.63) is 103 Å². The average Bonchev–Trinajstić information content (AvgIpc) is 1.62. The second-order valence-corrected chi connectivity index (χ2v) is 35.7. The van der Waals surface area contributed by atoms with Gasteiger partial charge in [0, 0.05) is 173 Å². The van der Waals surface area contributed by atoms with Crippen LogP contribution in [-0.4, -0.2) is 228 Å². The number of piperidine rings is 6. The van der Waals surface area contributed by atoms with E-state index in [1.54, 1.807) is 62.5 Å². The van der Waals surface area contributed by atoms with E-state index in [4.69, 9.17) is 23.7 Å². The summed E-state index contributed by atoms with van der Waals surface area (Å²) in [6.45, 7) is 26.5. The van der Waals surface area contributed by atoms with E-state index in [9.17, 15) is 57.5 Å². The number of para-hydroxylation sites is 3. The van der Waals surface area contributed by atoms with Crippen molar-refractivity contribution >= 4 is 98.7 Å². The number of benzene rings is 3. The third-order valence-electron chi connectivity index (χ3n) is 24.7. The standard InChI is InChI=1S/C31H44N4O6.C26H36N4O4.C16H30N2O3.C15H14N2O4.CH4.ClH.2W/c1-31(2,3)41-30(39)34-16-10-21(11-17-34)20-40-24-12-14-33(15-13-24)19-22-6-5-7-26-28(22)32(4)29(38)35(26)25-9-8-23(36)18-27(25)37;1-28-25-19(16-29-13-9-21(10-14-29)34-17-18-7-11-27-12-8-18)3-2-4-23(25)30(26(28)33)22-6-5-20(31)15-24(22)32;1-16(2,3)21-15(19)18-10-6-13(7-11-18)12-20-14-4-8-17-9-5-14;1-16-14-9(8-18)3-2-4-12(14)17(15(16)21)11-6-5-10(19)7-13(11)20;;;;/h5-7,21,24-25H,8-20H2,1-4H3;2-4,18,21-22,27H,5-17H2,1H3;13-14,17H,4-12H2,1-3H3;2-4,8,11H,5-7H2,1H3;1H4;1H;;. The van der Waals surface area contributed by atoms with Crippen LogP contribution in [0.25, 0.3) is 33.1 Å². The molecule has 3 atom stereocenters. The van der Waals surface area contributed by atoms with Crippen LogP contribution in [0.3, 0.4) is 0 Å². The summed E-state index contributed by atoms with van der Waals surface area (Å²) < 4.78 is 38.9. The number of aldehydes is 1. The van der Waals surface area contributed by atoms with Gasteiger partial charge in [0.2, 0.25) is 0 Å². The molecular formula is C89H129ClN12O17W2. The summed E-state index contributed by atoms with van der Waals surface area (Å²) in [5.41, 5.74) is 5.34. The number of nitrogens with zero attached hydrogens (tertiary/aromatic N) is 10. The predicted octanol–water partition coefficient (Wildman–Crippen LogP) is 10.5. The van der Waals surface area contributed by atoms with E-state index in [1.807, 2.05) is 70.7 Å². The monoisotopic (exact) mass is 2040 g/mol. The summed E-state index contributed by atoms with van der Waals surface area (Å²) in [5, 5.41) is 6.76. The second-order valence-electron chi connectivity index (χ2n) is 35.7. The molecule has 9 heterocycles. The first-order valence-electron chi connectivity index (χ1n) is 42.8. The summed E-state index contributed by atoms with van der Waals surface area (Å²) in [4.78, 5) is 155. The zero-order valence-electron chi connectivity index (χ0n) is 71.5. The maximum absolute atomic E-state index is 13.2. The summed E-state index contributed by atoms with van der Waals surface area (Å²) in [5.74, 6) is 1.02. The van der Waals surface area contributed by atoms with E-state index in [0.29, 0.717) is 104 Å². The number of ketones is 6. The number of halogens is 1. The number of amides is 2. The molecule has 9 fully saturated rings. The molecule has 121 heavy (non-hydrogen) atoms. The molecule has 2 amide bonds. The predicted molar refractivity (Wildman–Crippen MR) is 457 cm³/mol. The van der Waals surface area contributed by atoms with E-state index < -0.39 is 29.3 Å². The molecule has 3 aromatic heterocycles. The van der Waals surface area contributed by atoms with Gasteiger partial charge in [-0.1, -0.05) is 37.8 Å². The van der Waals surface area contributed by atoms with Gasteiger partial charge in [-0.25, -0.2) is 24.0 Å². The number of Topliss-reactive ketones (excluding diaryl/α,β-unsaturated/α-hetero) is 6. The maximum atomic E-state index is 13.2. The Hall–Kier alpha value is -6.91. The van der Waals surface area contributed by atoms with Crippen LogP contribution in [0.15, 0.2) is 69.0 Å². The molecule has 0 spiro atoms. The molecule has 6 aromatic rings. The number of hydrogen-bond acceptors (Lipinski definition) is 21. The minimum Gasteiger partial charge on any atom is -0.444 e. The van der Waals surface area contributed by atoms with Gasteiger partial charge in [-0.05, 0) is 217 Å². The Balaban J connectivity index is 0.000000206. The first-order valence-corrected chi connectivity index (χ1v) is 42.8. The average molecular weight is 2040 g/mol. The zero-order chi connectivity index (χ0) is 83.4. The smallest absolute Gasteiger partial charge is 0.410 e. The van der Waals surface area contributed by atoms with Gasteiger partial charge >= 0.3 is 29.3 Å². The van der Waals surface area contributed by atoms with Crippen molar-refractivity contribution in [2.24, 2.45) is 38.9 Å². The fourth-order valence-corrected chi connectivity index (χ4v) is 18.2. The van der Waals surface area contributed by atoms with Crippen LogP contribution in [0.5, 0.6) is 0 Å². The van der Waals surface area contributed by atoms with Gasteiger partial charge in [-0.2, -0.15) is 0 Å². The summed E-state index contributed by atoms with van der Waals surface area (Å²) in [6.07, 6.45) is 15.7. The van der Waals surface area contributed by atoms with E-state index in [-0.39, 0.29) is 151 Å². The molecule has 3 unspecified atom stereocenters. The number of likely N-dealkylation sites (tertiary alicyclic amines) is 4. The number of imidazole rings is 3. The van der Waals surface area contributed by atoms with Crippen molar-refractivity contribution in [3.63, 3.8) is 0 Å². The third-order valence-corrected chi connectivity index (χ3v) is 24.7. The van der Waals surface area contributed by atoms with Crippen LogP contribution in [-0.2, 0) is 129 Å². The normalized spacial score (nSPS) is 21.3. The molecule has 15 rings (SSSR count). The Morgan fingerprint density at radius 3 is 1.05 bits per heavy atom. The maximum Gasteiger partial charge on any atom is 0.410 e. The quantitative estimate of drug-likeness (QED) is 0.0633. The number of rotatable bonds is 17. The Kier molecular flexibility index (Phi) is 37.3. The molecule has 0 radical (unpaired) electrons. The molecule has 3 saturated carbocycles. The van der Waals surface area contributed by atoms with Crippen LogP contribution < -0.4 is 27.7 Å². The van der Waals surface area contributed by atoms with Crippen LogP contribution >= 0.6 is 12.4 Å². The third kappa shape index (κ3) is 25.7. The molecule has 9 aliphatic rings. The molecule has 29 nitrogen and oxygen atoms in total. The second kappa shape index (κ2) is 45.3. The molecule has 666 valence electrons. The number of aromatic nitrogens is 6. The Labute approximate surface area is 744 Å². The van der Waals surface area contributed by atoms with Gasteiger partial charge in [0.15, 0.2) is 23.6 Å². The van der Waals surface area contributed by atoms with Crippen LogP contribution in [0, 0.1) is 17.8 Å². The topological polar surface area (TPSA) is 318 Å². The molecular weight excluding hydrogens is 1910 g/mol. The van der Waals surface area contributed by atoms with Crippen molar-refractivity contribution in [3.8, 4) is 0 Å². The molecule has 3 aliphatic carbocycles. The Bertz CT molecular complexity index is 4740. The molecule has 6 saturated heterocycles. The van der Waals surface area contributed by atoms with Gasteiger partial charge < -0.3 is 44.1 Å². The number of ether oxygens (including phenoxy) is 5. The Morgan fingerprint density at radius 2 is 0.719 bits per heavy atom. The van der Waals surface area contributed by atoms with Gasteiger partial charge in [-0.15, -0.1) is 12.4 Å². The van der Waals surface area contributed by atoms with Crippen LogP contribution in [0.4, 0.5) is 9.59 Å². The minimum atomic E-state index is -0.624. The van der Waals surface area contributed by atoms with Gasteiger partial charge in [0.05, 0.1) is 88.8 Å². The number of carbonyl (C=O) groups is 9. The minimum absolute atomic E-state index is 0. The fourth-order valence-electron chi connectivity index (χ4n) is 18.2. The summed E-state index contributed by atoms with van der Waals surface area (Å²) in [6, 6.07) is 15.2. The SMILES string of the molecule is C.CC(C)(C)OC(=O)N1CCC(COC2CCNCC2)CC1.Cl.Cn1c(=O)n(C2CCC(=O)CC2=O)c2cccc(C=O)c21.Cn1c(=O)n(C2CCC(=O)CC2=O)c2cccc(CN3CCC(OCC4CCN(C(=O)OC(C)(C)C)CC4)CC3)c21.Cn1c(=O)n(C2CCC(=O)CC2=O)c2cccc(CN3CCC(OCC4CCNCC4)CC3)c21.[W].[W]. The van der Waals surface area contributed by atoms with Gasteiger partial charge in [-0.3, -0.25) is 70.8 Å². The van der Waals surface area contributed by atoms with E-state index in [1.165, 1.54) is 22.0 Å². The van der Waals surface area contributed by atoms with Crippen LogP contribution in [0.1, 0.15) is 223 Å². The number of nitrogens with one attached hydrogen (secondary N) is 2. The van der Waals surface area contributed by atoms with Crippen LogP contribution in [0.2, 0.25) is 0 Å². The molecule has 3 aromatic carbocycles. The number of aryl methyl sites for hydroxylation is 3. The number of carbonyl (C=O) groups excluding carboxylic acids is 9. The number of hydrogen-bond donors (Lipinski definition) is 2. The zero-order valence-corrected chi connectivity index (χ0v) is 78.2. The van der Waals surface area contributed by atoms with E-state index in [2.05, 4.69) is 32.6 Å². The van der Waals surface area contributed by atoms with Crippen molar-refractivity contribution in [1.82, 2.24) is 57.6 Å².